The van der Waals surface area contributed by atoms with Crippen LogP contribution in [0.3, 0.4) is 0 Å². The van der Waals surface area contributed by atoms with Crippen LogP contribution in [-0.2, 0) is 30.9 Å². The van der Waals surface area contributed by atoms with Crippen molar-refractivity contribution in [1.29, 1.82) is 0 Å². The van der Waals surface area contributed by atoms with Gasteiger partial charge in [0.1, 0.15) is 6.54 Å². The van der Waals surface area contributed by atoms with Crippen LogP contribution in [0.25, 0.3) is 16.8 Å². The van der Waals surface area contributed by atoms with Crippen LogP contribution < -0.4 is 10.1 Å². The van der Waals surface area contributed by atoms with Gasteiger partial charge in [0.25, 0.3) is 6.20 Å². The van der Waals surface area contributed by atoms with Crippen molar-refractivity contribution < 1.29 is 41.2 Å². The van der Waals surface area contributed by atoms with Gasteiger partial charge in [0.2, 0.25) is 11.7 Å². The maximum atomic E-state index is 14.6. The molecule has 0 fully saturated rings. The lowest BCUT2D eigenvalue weighted by Crippen LogP contribution is -3.02. The Bertz CT molecular complexity index is 2710. The molecule has 2 atom stereocenters. The number of nitrogens with zero attached hydrogens (tertiary/aromatic N) is 3. The number of aliphatic imine (C=N–C) groups is 1. The number of benzene rings is 7. The van der Waals surface area contributed by atoms with Crippen LogP contribution in [0.5, 0.6) is 0 Å². The molecule has 0 saturated heterocycles. The highest BCUT2D eigenvalue weighted by atomic mass is 19.4. The molecule has 2 unspecified atom stereocenters. The third kappa shape index (κ3) is 9.24. The molecule has 11 heteroatoms. The third-order valence-corrected chi connectivity index (χ3v) is 11.4. The number of alkyl halides is 6. The Kier molecular flexibility index (Phi) is 12.0. The van der Waals surface area contributed by atoms with Gasteiger partial charge in [-0.05, 0) is 86.3 Å². The van der Waals surface area contributed by atoms with E-state index in [-0.39, 0.29) is 6.54 Å². The normalized spacial score (nSPS) is 15.2. The average Bonchev–Trinajstić information content (AvgIpc) is 3.72. The minimum absolute atomic E-state index is 0.217. The number of rotatable bonds is 12. The van der Waals surface area contributed by atoms with Gasteiger partial charge in [0.15, 0.2) is 10.8 Å². The molecule has 8 rings (SSSR count). The summed E-state index contributed by atoms with van der Waals surface area (Å²) in [5.41, 5.74) is 4.64. The molecule has 0 bridgehead atoms. The van der Waals surface area contributed by atoms with E-state index >= 15 is 0 Å². The number of nitrogens with one attached hydrogen (secondary N) is 1. The summed E-state index contributed by atoms with van der Waals surface area (Å²) in [5.74, 6) is -0.498. The van der Waals surface area contributed by atoms with Gasteiger partial charge in [-0.25, -0.2) is 0 Å². The lowest BCUT2D eigenvalue weighted by Gasteiger charge is -2.34. The molecule has 0 aliphatic carbocycles. The summed E-state index contributed by atoms with van der Waals surface area (Å²) >= 11 is 0. The van der Waals surface area contributed by atoms with Crippen LogP contribution in [0.2, 0.25) is 0 Å². The first-order valence-electron chi connectivity index (χ1n) is 20.3. The van der Waals surface area contributed by atoms with Crippen molar-refractivity contribution in [2.75, 3.05) is 0 Å². The molecule has 1 heterocycles. The standard InChI is InChI=1S/C52H40F6N4O/c1-36(61-35-48(47-20-12-11-19-46(47)40-13-5-2-6-14-40)62(60-61)34-39-25-31-45(32-26-39)52(56,57)58)50(42-15-7-3-8-16-42,43-17-9-4-10-18-43)59-49(63)41-27-21-37(22-28-41)33-38-23-29-44(30-24-38)51(53,54)55/h2-32,35-36H,33-34H2,1H3/p+1. The first-order chi connectivity index (χ1) is 30.3. The summed E-state index contributed by atoms with van der Waals surface area (Å²) in [6.07, 6.45) is -6.61. The highest BCUT2D eigenvalue weighted by Gasteiger charge is 2.50. The first-order valence-corrected chi connectivity index (χ1v) is 20.3. The van der Waals surface area contributed by atoms with E-state index in [4.69, 9.17) is 10.2 Å². The molecule has 316 valence electrons. The van der Waals surface area contributed by atoms with Gasteiger partial charge in [-0.15, -0.1) is 5.01 Å². The van der Waals surface area contributed by atoms with Crippen molar-refractivity contribution >= 4 is 11.6 Å². The number of hydrogen-bond acceptors (Lipinski definition) is 3. The summed E-state index contributed by atoms with van der Waals surface area (Å²) in [4.78, 5) is 5.12. The quantitative estimate of drug-likeness (QED) is 0.0566. The van der Waals surface area contributed by atoms with Crippen LogP contribution in [0.15, 0.2) is 204 Å². The van der Waals surface area contributed by atoms with Crippen LogP contribution in [0.4, 0.5) is 26.3 Å². The molecule has 7 aromatic carbocycles. The lowest BCUT2D eigenvalue weighted by molar-refractivity contribution is -0.898. The molecule has 1 N–H and O–H groups in total. The molecule has 0 radical (unpaired) electrons. The zero-order valence-electron chi connectivity index (χ0n) is 34.0. The minimum atomic E-state index is -4.48. The predicted octanol–water partition coefficient (Wildman–Crippen LogP) is 10.9. The Labute approximate surface area is 361 Å². The Hall–Kier alpha value is -7.11. The maximum absolute atomic E-state index is 14.6. The van der Waals surface area contributed by atoms with E-state index < -0.39 is 41.0 Å². The first kappa shape index (κ1) is 42.6. The molecule has 0 saturated carbocycles. The van der Waals surface area contributed by atoms with E-state index in [0.717, 1.165) is 63.3 Å². The Morgan fingerprint density at radius 1 is 0.556 bits per heavy atom. The zero-order valence-corrected chi connectivity index (χ0v) is 34.0. The summed E-state index contributed by atoms with van der Waals surface area (Å²) in [5, 5.41) is 20.4. The topological polar surface area (TPSA) is 55.2 Å². The maximum Gasteiger partial charge on any atom is 0.416 e. The second-order valence-electron chi connectivity index (χ2n) is 15.4. The second kappa shape index (κ2) is 17.7. The largest absolute Gasteiger partial charge is 0.858 e. The molecule has 1 aliphatic rings. The lowest BCUT2D eigenvalue weighted by atomic mass is 9.77. The number of quaternary nitrogens is 1. The van der Waals surface area contributed by atoms with Crippen molar-refractivity contribution in [2.45, 2.75) is 43.8 Å². The van der Waals surface area contributed by atoms with Gasteiger partial charge >= 0.3 is 12.4 Å². The van der Waals surface area contributed by atoms with E-state index in [0.29, 0.717) is 28.1 Å². The number of hydrogen-bond donors (Lipinski definition) is 1. The SMILES string of the molecule is CC([N+]1=N[NH+](Cc2ccc(C(F)(F)F)cc2)C(c2ccccc2-c2ccccc2)=C1)C(N=C([O-])c1ccc(Cc2ccc(C(F)(F)F)cc2)cc1)(c1ccccc1)c1ccccc1. The predicted molar refractivity (Wildman–Crippen MR) is 229 cm³/mol. The molecule has 5 nitrogen and oxygen atoms in total. The van der Waals surface area contributed by atoms with Crippen molar-refractivity contribution in [3.63, 3.8) is 0 Å². The van der Waals surface area contributed by atoms with Crippen molar-refractivity contribution in [3.05, 3.63) is 244 Å². The Morgan fingerprint density at radius 3 is 1.51 bits per heavy atom. The number of halogens is 6. The van der Waals surface area contributed by atoms with Crippen LogP contribution in [-0.4, -0.2) is 16.6 Å². The fourth-order valence-corrected chi connectivity index (χ4v) is 8.06. The van der Waals surface area contributed by atoms with Crippen molar-refractivity contribution in [1.82, 2.24) is 0 Å². The zero-order chi connectivity index (χ0) is 44.2. The van der Waals surface area contributed by atoms with E-state index in [1.165, 1.54) is 24.3 Å². The average molecular weight is 852 g/mol. The summed E-state index contributed by atoms with van der Waals surface area (Å²) in [6.45, 7) is 2.17. The van der Waals surface area contributed by atoms with Gasteiger partial charge in [-0.2, -0.15) is 26.3 Å². The summed E-state index contributed by atoms with van der Waals surface area (Å²) in [6, 6.07) is 53.1. The fraction of sp³-hybridized carbons (Fsp3) is 0.135. The Balaban J connectivity index is 1.23. The van der Waals surface area contributed by atoms with Crippen LogP contribution >= 0.6 is 0 Å². The summed E-state index contributed by atoms with van der Waals surface area (Å²) < 4.78 is 82.0. The van der Waals surface area contributed by atoms with Crippen LogP contribution in [0.1, 0.15) is 57.0 Å². The molecule has 63 heavy (non-hydrogen) atoms. The van der Waals surface area contributed by atoms with Gasteiger partial charge in [-0.3, -0.25) is 4.99 Å². The van der Waals surface area contributed by atoms with Gasteiger partial charge < -0.3 is 5.11 Å². The Morgan fingerprint density at radius 2 is 1.00 bits per heavy atom. The molecule has 0 aromatic heterocycles. The summed E-state index contributed by atoms with van der Waals surface area (Å²) in [7, 11) is 0. The molecular weight excluding hydrogens is 811 g/mol. The van der Waals surface area contributed by atoms with E-state index in [2.05, 4.69) is 0 Å². The monoisotopic (exact) mass is 851 g/mol. The van der Waals surface area contributed by atoms with E-state index in [1.54, 1.807) is 29.0 Å². The molecule has 0 spiro atoms. The van der Waals surface area contributed by atoms with Gasteiger partial charge in [0, 0.05) is 12.5 Å². The van der Waals surface area contributed by atoms with Crippen molar-refractivity contribution in [3.8, 4) is 11.1 Å². The fourth-order valence-electron chi connectivity index (χ4n) is 8.06. The molecule has 7 aromatic rings. The molecular formula is C52H41F6N4O+. The van der Waals surface area contributed by atoms with Crippen molar-refractivity contribution in [2.24, 2.45) is 10.2 Å². The highest BCUT2D eigenvalue weighted by Crippen LogP contribution is 2.41. The molecule has 1 aliphatic heterocycles. The van der Waals surface area contributed by atoms with Gasteiger partial charge in [0.05, 0.1) is 16.7 Å². The second-order valence-corrected chi connectivity index (χ2v) is 15.4. The van der Waals surface area contributed by atoms with Gasteiger partial charge in [-0.1, -0.05) is 158 Å². The molecule has 0 amide bonds. The van der Waals surface area contributed by atoms with E-state index in [1.807, 2.05) is 128 Å². The third-order valence-electron chi connectivity index (χ3n) is 11.4. The highest BCUT2D eigenvalue weighted by molar-refractivity contribution is 5.91. The van der Waals surface area contributed by atoms with E-state index in [9.17, 15) is 31.4 Å². The smallest absolute Gasteiger partial charge is 0.416 e. The van der Waals surface area contributed by atoms with Crippen LogP contribution in [0, 0.1) is 0 Å². The minimum Gasteiger partial charge on any atom is -0.858 e.